The minimum atomic E-state index is -0.0973. The summed E-state index contributed by atoms with van der Waals surface area (Å²) in [6.07, 6.45) is 0. The van der Waals surface area contributed by atoms with E-state index in [-0.39, 0.29) is 6.03 Å². The molecule has 0 saturated carbocycles. The Morgan fingerprint density at radius 1 is 1.14 bits per heavy atom. The molecular weight excluding hydrogens is 372 g/mol. The van der Waals surface area contributed by atoms with E-state index in [1.54, 1.807) is 18.4 Å². The van der Waals surface area contributed by atoms with Crippen molar-refractivity contribution >= 4 is 38.4 Å². The number of aromatic nitrogens is 1. The number of hydrogen-bond acceptors (Lipinski definition) is 5. The Morgan fingerprint density at radius 2 is 1.89 bits per heavy atom. The Balaban J connectivity index is 1.42. The molecule has 1 aliphatic rings. The number of aryl methyl sites for hydroxylation is 2. The number of carbonyl (C=O) groups is 1. The molecule has 1 saturated heterocycles. The van der Waals surface area contributed by atoms with Crippen LogP contribution in [0.2, 0.25) is 0 Å². The Morgan fingerprint density at radius 3 is 2.64 bits per heavy atom. The molecule has 6 nitrogen and oxygen atoms in total. The van der Waals surface area contributed by atoms with Crippen LogP contribution in [-0.4, -0.2) is 49.2 Å². The topological polar surface area (TPSA) is 57.7 Å². The molecule has 4 rings (SSSR count). The quantitative estimate of drug-likeness (QED) is 0.718. The van der Waals surface area contributed by atoms with Crippen molar-refractivity contribution in [3.63, 3.8) is 0 Å². The van der Waals surface area contributed by atoms with Crippen LogP contribution in [-0.2, 0) is 0 Å². The van der Waals surface area contributed by atoms with E-state index in [1.807, 2.05) is 29.2 Å². The third-order valence-electron chi connectivity index (χ3n) is 4.99. The Labute approximate surface area is 168 Å². The van der Waals surface area contributed by atoms with Gasteiger partial charge in [0.2, 0.25) is 0 Å². The first-order chi connectivity index (χ1) is 13.5. The van der Waals surface area contributed by atoms with Crippen LogP contribution in [0.5, 0.6) is 5.75 Å². The third kappa shape index (κ3) is 3.62. The van der Waals surface area contributed by atoms with Crippen molar-refractivity contribution in [1.82, 2.24) is 9.88 Å². The summed E-state index contributed by atoms with van der Waals surface area (Å²) in [7, 11) is 1.60. The maximum Gasteiger partial charge on any atom is 0.322 e. The zero-order valence-electron chi connectivity index (χ0n) is 16.4. The summed E-state index contributed by atoms with van der Waals surface area (Å²) in [5.41, 5.74) is 4.26. The standard InChI is InChI=1S/C21H24N4O2S/c1-14-12-15(2)19-17(13-14)23-21(28-19)25-10-8-24(9-11-25)20(26)22-16-6-4-5-7-18(16)27-3/h4-7,12-13H,8-11H2,1-3H3,(H,22,26). The van der Waals surface area contributed by atoms with Gasteiger partial charge in [-0.3, -0.25) is 0 Å². The van der Waals surface area contributed by atoms with Crippen LogP contribution in [0.15, 0.2) is 36.4 Å². The number of urea groups is 1. The summed E-state index contributed by atoms with van der Waals surface area (Å²) in [6, 6.07) is 11.7. The molecule has 0 atom stereocenters. The molecule has 28 heavy (non-hydrogen) atoms. The van der Waals surface area contributed by atoms with E-state index in [1.165, 1.54) is 15.8 Å². The van der Waals surface area contributed by atoms with E-state index in [0.717, 1.165) is 23.7 Å². The molecule has 2 heterocycles. The molecule has 7 heteroatoms. The molecule has 3 aromatic rings. The van der Waals surface area contributed by atoms with Gasteiger partial charge < -0.3 is 19.9 Å². The molecule has 1 fully saturated rings. The second-order valence-electron chi connectivity index (χ2n) is 7.03. The number of para-hydroxylation sites is 2. The van der Waals surface area contributed by atoms with Gasteiger partial charge in [0.1, 0.15) is 5.75 Å². The van der Waals surface area contributed by atoms with Crippen LogP contribution in [0.1, 0.15) is 11.1 Å². The first-order valence-electron chi connectivity index (χ1n) is 9.37. The molecule has 146 valence electrons. The highest BCUT2D eigenvalue weighted by Gasteiger charge is 2.24. The number of anilines is 2. The largest absolute Gasteiger partial charge is 0.495 e. The average molecular weight is 397 g/mol. The average Bonchev–Trinajstić information content (AvgIpc) is 3.13. The van der Waals surface area contributed by atoms with Crippen molar-refractivity contribution in [2.24, 2.45) is 0 Å². The number of fused-ring (bicyclic) bond motifs is 1. The lowest BCUT2D eigenvalue weighted by Crippen LogP contribution is -2.50. The molecule has 2 amide bonds. The van der Waals surface area contributed by atoms with Crippen LogP contribution in [0.3, 0.4) is 0 Å². The Hall–Kier alpha value is -2.80. The number of nitrogens with zero attached hydrogens (tertiary/aromatic N) is 3. The van der Waals surface area contributed by atoms with Gasteiger partial charge in [0.15, 0.2) is 5.13 Å². The van der Waals surface area contributed by atoms with Gasteiger partial charge in [0.25, 0.3) is 0 Å². The fraction of sp³-hybridized carbons (Fsp3) is 0.333. The molecule has 2 aromatic carbocycles. The van der Waals surface area contributed by atoms with E-state index in [2.05, 4.69) is 36.2 Å². The van der Waals surface area contributed by atoms with Crippen LogP contribution in [0.4, 0.5) is 15.6 Å². The van der Waals surface area contributed by atoms with Crippen LogP contribution < -0.4 is 15.0 Å². The molecule has 1 aromatic heterocycles. The summed E-state index contributed by atoms with van der Waals surface area (Å²) in [5, 5.41) is 3.99. The predicted octanol–water partition coefficient (Wildman–Crippen LogP) is 4.28. The van der Waals surface area contributed by atoms with Gasteiger partial charge in [0.05, 0.1) is 23.0 Å². The molecule has 0 spiro atoms. The Kier molecular flexibility index (Phi) is 5.09. The van der Waals surface area contributed by atoms with E-state index in [9.17, 15) is 4.79 Å². The number of amides is 2. The predicted molar refractivity (Wildman–Crippen MR) is 115 cm³/mol. The van der Waals surface area contributed by atoms with Gasteiger partial charge in [-0.05, 0) is 43.2 Å². The number of ether oxygens (including phenoxy) is 1. The lowest BCUT2D eigenvalue weighted by molar-refractivity contribution is 0.208. The smallest absolute Gasteiger partial charge is 0.322 e. The van der Waals surface area contributed by atoms with Crippen LogP contribution in [0, 0.1) is 13.8 Å². The van der Waals surface area contributed by atoms with Crippen LogP contribution >= 0.6 is 11.3 Å². The molecule has 0 bridgehead atoms. The highest BCUT2D eigenvalue weighted by molar-refractivity contribution is 7.22. The lowest BCUT2D eigenvalue weighted by atomic mass is 10.1. The van der Waals surface area contributed by atoms with Crippen molar-refractivity contribution in [1.29, 1.82) is 0 Å². The second kappa shape index (κ2) is 7.67. The lowest BCUT2D eigenvalue weighted by Gasteiger charge is -2.34. The summed E-state index contributed by atoms with van der Waals surface area (Å²) in [4.78, 5) is 21.6. The molecule has 0 unspecified atom stereocenters. The highest BCUT2D eigenvalue weighted by Crippen LogP contribution is 2.32. The van der Waals surface area contributed by atoms with E-state index in [0.29, 0.717) is 24.5 Å². The maximum absolute atomic E-state index is 12.6. The second-order valence-corrected chi connectivity index (χ2v) is 8.01. The zero-order chi connectivity index (χ0) is 19.7. The Bertz CT molecular complexity index is 1010. The van der Waals surface area contributed by atoms with Gasteiger partial charge in [-0.2, -0.15) is 0 Å². The number of hydrogen-bond donors (Lipinski definition) is 1. The van der Waals surface area contributed by atoms with E-state index < -0.39 is 0 Å². The van der Waals surface area contributed by atoms with E-state index in [4.69, 9.17) is 9.72 Å². The first kappa shape index (κ1) is 18.6. The molecular formula is C21H24N4O2S. The summed E-state index contributed by atoms with van der Waals surface area (Å²) < 4.78 is 6.55. The molecule has 1 N–H and O–H groups in total. The van der Waals surface area contributed by atoms with Crippen molar-refractivity contribution in [3.05, 3.63) is 47.5 Å². The SMILES string of the molecule is COc1ccccc1NC(=O)N1CCN(c2nc3cc(C)cc(C)c3s2)CC1. The number of carbonyl (C=O) groups excluding carboxylic acids is 1. The normalized spacial score (nSPS) is 14.4. The third-order valence-corrected chi connectivity index (χ3v) is 6.26. The van der Waals surface area contributed by atoms with Gasteiger partial charge in [-0.1, -0.05) is 29.5 Å². The van der Waals surface area contributed by atoms with Gasteiger partial charge in [0, 0.05) is 26.2 Å². The highest BCUT2D eigenvalue weighted by atomic mass is 32.1. The number of methoxy groups -OCH3 is 1. The zero-order valence-corrected chi connectivity index (χ0v) is 17.2. The number of benzene rings is 2. The minimum absolute atomic E-state index is 0.0973. The summed E-state index contributed by atoms with van der Waals surface area (Å²) in [6.45, 7) is 7.11. The van der Waals surface area contributed by atoms with Crippen molar-refractivity contribution in [3.8, 4) is 5.75 Å². The molecule has 0 aliphatic carbocycles. The number of nitrogens with one attached hydrogen (secondary N) is 1. The fourth-order valence-corrected chi connectivity index (χ4v) is 4.61. The fourth-order valence-electron chi connectivity index (χ4n) is 3.54. The van der Waals surface area contributed by atoms with Crippen molar-refractivity contribution < 1.29 is 9.53 Å². The first-order valence-corrected chi connectivity index (χ1v) is 10.2. The monoisotopic (exact) mass is 396 g/mol. The number of rotatable bonds is 3. The molecule has 0 radical (unpaired) electrons. The van der Waals surface area contributed by atoms with Gasteiger partial charge in [-0.15, -0.1) is 0 Å². The maximum atomic E-state index is 12.6. The minimum Gasteiger partial charge on any atom is -0.495 e. The van der Waals surface area contributed by atoms with Crippen molar-refractivity contribution in [2.75, 3.05) is 43.5 Å². The number of piperazine rings is 1. The molecule has 1 aliphatic heterocycles. The van der Waals surface area contributed by atoms with Gasteiger partial charge in [-0.25, -0.2) is 9.78 Å². The van der Waals surface area contributed by atoms with Gasteiger partial charge >= 0.3 is 6.03 Å². The van der Waals surface area contributed by atoms with Crippen molar-refractivity contribution in [2.45, 2.75) is 13.8 Å². The van der Waals surface area contributed by atoms with Crippen LogP contribution in [0.25, 0.3) is 10.2 Å². The van der Waals surface area contributed by atoms with E-state index >= 15 is 0 Å². The summed E-state index contributed by atoms with van der Waals surface area (Å²) in [5.74, 6) is 0.662. The summed E-state index contributed by atoms with van der Waals surface area (Å²) >= 11 is 1.74. The number of thiazole rings is 1.